The maximum Gasteiger partial charge on any atom is 0.283 e. The summed E-state index contributed by atoms with van der Waals surface area (Å²) >= 11 is 3.39. The van der Waals surface area contributed by atoms with Gasteiger partial charge in [0.1, 0.15) is 4.47 Å². The molecule has 0 bridgehead atoms. The molecule has 0 unspecified atom stereocenters. The maximum atomic E-state index is 12.2. The lowest BCUT2D eigenvalue weighted by molar-refractivity contribution is 0.247. The van der Waals surface area contributed by atoms with E-state index in [1.54, 1.807) is 6.20 Å². The number of halogens is 1. The molecule has 6 heteroatoms. The Balaban J connectivity index is 2.10. The van der Waals surface area contributed by atoms with E-state index in [0.717, 1.165) is 38.2 Å². The summed E-state index contributed by atoms with van der Waals surface area (Å²) in [6.07, 6.45) is 4.03. The summed E-state index contributed by atoms with van der Waals surface area (Å²) in [5, 5.41) is 11.0. The lowest BCUT2D eigenvalue weighted by atomic mass is 9.81. The Morgan fingerprint density at radius 1 is 1.50 bits per heavy atom. The van der Waals surface area contributed by atoms with Crippen LogP contribution in [-0.4, -0.2) is 29.4 Å². The molecule has 0 atom stereocenters. The van der Waals surface area contributed by atoms with Crippen LogP contribution in [0.2, 0.25) is 0 Å². The van der Waals surface area contributed by atoms with Crippen LogP contribution >= 0.6 is 15.9 Å². The molecule has 1 saturated heterocycles. The van der Waals surface area contributed by atoms with Gasteiger partial charge in [0, 0.05) is 6.54 Å². The summed E-state index contributed by atoms with van der Waals surface area (Å²) < 4.78 is 2.06. The summed E-state index contributed by atoms with van der Waals surface area (Å²) in [7, 11) is 0. The fourth-order valence-electron chi connectivity index (χ4n) is 2.45. The Morgan fingerprint density at radius 2 is 2.15 bits per heavy atom. The predicted molar refractivity (Wildman–Crippen MR) is 85.3 cm³/mol. The minimum atomic E-state index is -0.0829. The van der Waals surface area contributed by atoms with Crippen LogP contribution in [0, 0.1) is 5.41 Å². The number of piperidine rings is 1. The average Bonchev–Trinajstić information content (AvgIpc) is 2.41. The molecule has 0 aliphatic carbocycles. The number of anilines is 1. The fourth-order valence-corrected chi connectivity index (χ4v) is 2.88. The number of nitrogens with zero attached hydrogens (tertiary/aromatic N) is 2. The largest absolute Gasteiger partial charge is 0.382 e. The van der Waals surface area contributed by atoms with Gasteiger partial charge in [-0.25, -0.2) is 4.68 Å². The molecule has 0 radical (unpaired) electrons. The van der Waals surface area contributed by atoms with Gasteiger partial charge in [0.05, 0.1) is 17.9 Å². The third kappa shape index (κ3) is 3.41. The second kappa shape index (κ2) is 6.26. The monoisotopic (exact) mass is 342 g/mol. The van der Waals surface area contributed by atoms with Gasteiger partial charge in [0.25, 0.3) is 5.56 Å². The molecule has 0 aromatic carbocycles. The first-order chi connectivity index (χ1) is 9.43. The molecule has 112 valence electrons. The highest BCUT2D eigenvalue weighted by atomic mass is 79.9. The normalized spacial score (nSPS) is 18.2. The van der Waals surface area contributed by atoms with Crippen molar-refractivity contribution in [3.8, 4) is 0 Å². The molecular formula is C14H23BrN4O. The van der Waals surface area contributed by atoms with Gasteiger partial charge in [-0.05, 0) is 61.1 Å². The van der Waals surface area contributed by atoms with Crippen molar-refractivity contribution in [2.24, 2.45) is 5.41 Å². The molecule has 1 aromatic rings. The van der Waals surface area contributed by atoms with E-state index in [-0.39, 0.29) is 17.0 Å². The zero-order chi connectivity index (χ0) is 14.8. The van der Waals surface area contributed by atoms with E-state index >= 15 is 0 Å². The van der Waals surface area contributed by atoms with E-state index in [9.17, 15) is 4.79 Å². The Morgan fingerprint density at radius 3 is 2.75 bits per heavy atom. The van der Waals surface area contributed by atoms with Gasteiger partial charge in [-0.2, -0.15) is 5.10 Å². The van der Waals surface area contributed by atoms with E-state index in [1.165, 1.54) is 4.68 Å². The van der Waals surface area contributed by atoms with Crippen molar-refractivity contribution in [2.75, 3.05) is 25.0 Å². The van der Waals surface area contributed by atoms with E-state index in [2.05, 4.69) is 38.6 Å². The topological polar surface area (TPSA) is 59.0 Å². The summed E-state index contributed by atoms with van der Waals surface area (Å²) in [6.45, 7) is 9.17. The van der Waals surface area contributed by atoms with Gasteiger partial charge < -0.3 is 10.6 Å². The van der Waals surface area contributed by atoms with Gasteiger partial charge in [-0.3, -0.25) is 4.79 Å². The standard InChI is InChI=1S/C14H23BrN4O/c1-10(2)19-13(20)12(15)11(8-18-19)17-9-14(3)4-6-16-7-5-14/h8,10,16-17H,4-7,9H2,1-3H3. The van der Waals surface area contributed by atoms with Crippen LogP contribution in [0.15, 0.2) is 15.5 Å². The molecule has 1 aromatic heterocycles. The molecule has 2 heterocycles. The minimum Gasteiger partial charge on any atom is -0.382 e. The van der Waals surface area contributed by atoms with E-state index < -0.39 is 0 Å². The van der Waals surface area contributed by atoms with Gasteiger partial charge >= 0.3 is 0 Å². The first-order valence-corrected chi connectivity index (χ1v) is 7.94. The smallest absolute Gasteiger partial charge is 0.283 e. The van der Waals surface area contributed by atoms with Gasteiger partial charge in [-0.1, -0.05) is 6.92 Å². The highest BCUT2D eigenvalue weighted by molar-refractivity contribution is 9.10. The van der Waals surface area contributed by atoms with Crippen molar-refractivity contribution >= 4 is 21.6 Å². The van der Waals surface area contributed by atoms with Crippen LogP contribution in [-0.2, 0) is 0 Å². The van der Waals surface area contributed by atoms with Crippen LogP contribution in [0.4, 0.5) is 5.69 Å². The van der Waals surface area contributed by atoms with Gasteiger partial charge in [-0.15, -0.1) is 0 Å². The third-order valence-electron chi connectivity index (χ3n) is 3.95. The molecule has 1 fully saturated rings. The summed E-state index contributed by atoms with van der Waals surface area (Å²) in [6, 6.07) is 0.0646. The van der Waals surface area contributed by atoms with Crippen LogP contribution < -0.4 is 16.2 Å². The number of hydrogen-bond acceptors (Lipinski definition) is 4. The quantitative estimate of drug-likeness (QED) is 0.881. The lowest BCUT2D eigenvalue weighted by Gasteiger charge is -2.34. The van der Waals surface area contributed by atoms with Crippen LogP contribution in [0.5, 0.6) is 0 Å². The van der Waals surface area contributed by atoms with E-state index in [4.69, 9.17) is 0 Å². The van der Waals surface area contributed by atoms with Crippen molar-refractivity contribution in [3.63, 3.8) is 0 Å². The van der Waals surface area contributed by atoms with Crippen molar-refractivity contribution in [2.45, 2.75) is 39.7 Å². The summed E-state index contributed by atoms with van der Waals surface area (Å²) in [5.41, 5.74) is 0.976. The van der Waals surface area contributed by atoms with Gasteiger partial charge in [0.15, 0.2) is 0 Å². The Labute approximate surface area is 128 Å². The minimum absolute atomic E-state index is 0.0646. The summed E-state index contributed by atoms with van der Waals surface area (Å²) in [4.78, 5) is 12.2. The lowest BCUT2D eigenvalue weighted by Crippen LogP contribution is -2.39. The highest BCUT2D eigenvalue weighted by Gasteiger charge is 2.26. The number of hydrogen-bond donors (Lipinski definition) is 2. The Kier molecular flexibility index (Phi) is 4.86. The maximum absolute atomic E-state index is 12.2. The Bertz CT molecular complexity index is 520. The fraction of sp³-hybridized carbons (Fsp3) is 0.714. The summed E-state index contributed by atoms with van der Waals surface area (Å²) in [5.74, 6) is 0. The zero-order valence-corrected chi connectivity index (χ0v) is 14.0. The molecule has 1 aliphatic rings. The van der Waals surface area contributed by atoms with Crippen LogP contribution in [0.1, 0.15) is 39.7 Å². The molecular weight excluding hydrogens is 320 g/mol. The van der Waals surface area contributed by atoms with Crippen molar-refractivity contribution < 1.29 is 0 Å². The van der Waals surface area contributed by atoms with Crippen LogP contribution in [0.25, 0.3) is 0 Å². The molecule has 5 nitrogen and oxygen atoms in total. The first-order valence-electron chi connectivity index (χ1n) is 7.15. The highest BCUT2D eigenvalue weighted by Crippen LogP contribution is 2.29. The molecule has 1 aliphatic heterocycles. The van der Waals surface area contributed by atoms with Crippen LogP contribution in [0.3, 0.4) is 0 Å². The molecule has 0 saturated carbocycles. The Hall–Kier alpha value is -0.880. The third-order valence-corrected chi connectivity index (χ3v) is 4.72. The zero-order valence-electron chi connectivity index (χ0n) is 12.4. The second-order valence-corrected chi connectivity index (χ2v) is 6.92. The first kappa shape index (κ1) is 15.5. The molecule has 0 amide bonds. The SMILES string of the molecule is CC(C)n1ncc(NCC2(C)CCNCC2)c(Br)c1=O. The van der Waals surface area contributed by atoms with Crippen molar-refractivity contribution in [1.29, 1.82) is 0 Å². The number of nitrogens with one attached hydrogen (secondary N) is 2. The second-order valence-electron chi connectivity index (χ2n) is 6.13. The van der Waals surface area contributed by atoms with E-state index in [1.807, 2.05) is 13.8 Å². The van der Waals surface area contributed by atoms with E-state index in [0.29, 0.717) is 4.47 Å². The number of aromatic nitrogens is 2. The molecule has 20 heavy (non-hydrogen) atoms. The molecule has 2 N–H and O–H groups in total. The molecule has 0 spiro atoms. The van der Waals surface area contributed by atoms with Gasteiger partial charge in [0.2, 0.25) is 0 Å². The van der Waals surface area contributed by atoms with Crippen molar-refractivity contribution in [1.82, 2.24) is 15.1 Å². The molecule has 2 rings (SSSR count). The predicted octanol–water partition coefficient (Wildman–Crippen LogP) is 2.39. The van der Waals surface area contributed by atoms with Crippen molar-refractivity contribution in [3.05, 3.63) is 21.0 Å². The number of rotatable bonds is 4. The average molecular weight is 343 g/mol.